The van der Waals surface area contributed by atoms with Gasteiger partial charge in [0.15, 0.2) is 5.16 Å². The molecule has 0 aliphatic rings. The fourth-order valence-electron chi connectivity index (χ4n) is 2.44. The highest BCUT2D eigenvalue weighted by molar-refractivity contribution is 7.98. The number of rotatable bonds is 7. The fraction of sp³-hybridized carbons (Fsp3) is 0.412. The SMILES string of the molecule is CCn1c(SCc2nnc(-c3cccc(OC)c3)o2)nnc1C(C)C. The highest BCUT2D eigenvalue weighted by atomic mass is 32.2. The highest BCUT2D eigenvalue weighted by Crippen LogP contribution is 2.27. The molecule has 3 aromatic rings. The first-order valence-electron chi connectivity index (χ1n) is 8.15. The van der Waals surface area contributed by atoms with Crippen LogP contribution in [0.4, 0.5) is 0 Å². The third-order valence-corrected chi connectivity index (χ3v) is 4.64. The van der Waals surface area contributed by atoms with E-state index in [9.17, 15) is 0 Å². The maximum Gasteiger partial charge on any atom is 0.247 e. The second-order valence-electron chi connectivity index (χ2n) is 5.76. The quantitative estimate of drug-likeness (QED) is 0.594. The van der Waals surface area contributed by atoms with Crippen LogP contribution in [0.1, 0.15) is 38.4 Å². The Morgan fingerprint density at radius 3 is 2.76 bits per heavy atom. The molecule has 1 aromatic carbocycles. The van der Waals surface area contributed by atoms with E-state index < -0.39 is 0 Å². The van der Waals surface area contributed by atoms with Crippen LogP contribution in [0, 0.1) is 0 Å². The van der Waals surface area contributed by atoms with Crippen molar-refractivity contribution >= 4 is 11.8 Å². The van der Waals surface area contributed by atoms with Gasteiger partial charge in [-0.1, -0.05) is 31.7 Å². The molecule has 0 spiro atoms. The van der Waals surface area contributed by atoms with Gasteiger partial charge in [0.1, 0.15) is 11.6 Å². The zero-order chi connectivity index (χ0) is 17.8. The minimum Gasteiger partial charge on any atom is -0.497 e. The predicted octanol–water partition coefficient (Wildman–Crippen LogP) is 3.77. The van der Waals surface area contributed by atoms with E-state index in [0.29, 0.717) is 23.5 Å². The number of benzene rings is 1. The maximum atomic E-state index is 5.76. The van der Waals surface area contributed by atoms with E-state index in [0.717, 1.165) is 28.8 Å². The van der Waals surface area contributed by atoms with E-state index in [1.165, 1.54) is 0 Å². The minimum atomic E-state index is 0.338. The number of ether oxygens (including phenoxy) is 1. The van der Waals surface area contributed by atoms with Crippen LogP contribution in [0.5, 0.6) is 5.75 Å². The van der Waals surface area contributed by atoms with Gasteiger partial charge in [0.25, 0.3) is 0 Å². The molecule has 132 valence electrons. The monoisotopic (exact) mass is 359 g/mol. The molecule has 0 saturated carbocycles. The van der Waals surface area contributed by atoms with Crippen molar-refractivity contribution in [3.8, 4) is 17.2 Å². The van der Waals surface area contributed by atoms with Crippen LogP contribution in [-0.2, 0) is 12.3 Å². The van der Waals surface area contributed by atoms with Crippen LogP contribution in [0.15, 0.2) is 33.8 Å². The molecule has 25 heavy (non-hydrogen) atoms. The molecule has 0 N–H and O–H groups in total. The summed E-state index contributed by atoms with van der Waals surface area (Å²) in [5.41, 5.74) is 0.835. The lowest BCUT2D eigenvalue weighted by molar-refractivity contribution is 0.414. The summed E-state index contributed by atoms with van der Waals surface area (Å²) in [4.78, 5) is 0. The van der Waals surface area contributed by atoms with Crippen molar-refractivity contribution < 1.29 is 9.15 Å². The van der Waals surface area contributed by atoms with E-state index >= 15 is 0 Å². The highest BCUT2D eigenvalue weighted by Gasteiger charge is 2.16. The smallest absolute Gasteiger partial charge is 0.247 e. The fourth-order valence-corrected chi connectivity index (χ4v) is 3.29. The van der Waals surface area contributed by atoms with E-state index in [-0.39, 0.29) is 0 Å². The number of nitrogens with zero attached hydrogens (tertiary/aromatic N) is 5. The molecule has 0 unspecified atom stereocenters. The first-order valence-corrected chi connectivity index (χ1v) is 9.13. The third-order valence-electron chi connectivity index (χ3n) is 3.69. The topological polar surface area (TPSA) is 78.9 Å². The molecule has 0 aliphatic heterocycles. The van der Waals surface area contributed by atoms with Gasteiger partial charge in [-0.25, -0.2) is 0 Å². The molecule has 0 atom stereocenters. The second kappa shape index (κ2) is 7.69. The van der Waals surface area contributed by atoms with Crippen molar-refractivity contribution in [2.45, 2.75) is 44.1 Å². The molecule has 0 amide bonds. The average Bonchev–Trinajstić information content (AvgIpc) is 3.26. The Hall–Kier alpha value is -2.35. The van der Waals surface area contributed by atoms with Gasteiger partial charge < -0.3 is 13.7 Å². The van der Waals surface area contributed by atoms with Gasteiger partial charge in [-0.2, -0.15) is 0 Å². The van der Waals surface area contributed by atoms with Crippen LogP contribution < -0.4 is 4.74 Å². The molecular formula is C17H21N5O2S. The first-order chi connectivity index (χ1) is 12.1. The second-order valence-corrected chi connectivity index (χ2v) is 6.70. The van der Waals surface area contributed by atoms with Gasteiger partial charge in [0.2, 0.25) is 11.8 Å². The molecule has 2 aromatic heterocycles. The molecule has 0 bridgehead atoms. The van der Waals surface area contributed by atoms with Crippen molar-refractivity contribution in [3.05, 3.63) is 36.0 Å². The molecule has 0 fully saturated rings. The lowest BCUT2D eigenvalue weighted by Crippen LogP contribution is -2.04. The molecular weight excluding hydrogens is 338 g/mol. The summed E-state index contributed by atoms with van der Waals surface area (Å²) in [7, 11) is 1.63. The molecule has 0 saturated heterocycles. The van der Waals surface area contributed by atoms with E-state index in [1.54, 1.807) is 18.9 Å². The maximum absolute atomic E-state index is 5.76. The summed E-state index contributed by atoms with van der Waals surface area (Å²) in [5.74, 6) is 3.67. The van der Waals surface area contributed by atoms with E-state index in [4.69, 9.17) is 9.15 Å². The van der Waals surface area contributed by atoms with Crippen LogP contribution in [0.3, 0.4) is 0 Å². The van der Waals surface area contributed by atoms with Crippen LogP contribution >= 0.6 is 11.8 Å². The minimum absolute atomic E-state index is 0.338. The Balaban J connectivity index is 1.72. The van der Waals surface area contributed by atoms with E-state index in [1.807, 2.05) is 24.3 Å². The Labute approximate surface area is 150 Å². The standard InChI is InChI=1S/C17H21N5O2S/c1-5-22-15(11(2)3)19-21-17(22)25-10-14-18-20-16(24-14)12-7-6-8-13(9-12)23-4/h6-9,11H,5,10H2,1-4H3. The van der Waals surface area contributed by atoms with Crippen LogP contribution in [-0.4, -0.2) is 32.1 Å². The first kappa shape index (κ1) is 17.5. The normalized spacial score (nSPS) is 11.2. The predicted molar refractivity (Wildman–Crippen MR) is 95.6 cm³/mol. The van der Waals surface area contributed by atoms with Crippen LogP contribution in [0.2, 0.25) is 0 Å². The van der Waals surface area contributed by atoms with Gasteiger partial charge in [0.05, 0.1) is 12.9 Å². The number of aromatic nitrogens is 5. The van der Waals surface area contributed by atoms with Gasteiger partial charge in [-0.3, -0.25) is 0 Å². The molecule has 2 heterocycles. The van der Waals surface area contributed by atoms with Gasteiger partial charge in [-0.15, -0.1) is 20.4 Å². The molecule has 0 radical (unpaired) electrons. The number of hydrogen-bond donors (Lipinski definition) is 0. The van der Waals surface area contributed by atoms with Crippen molar-refractivity contribution in [2.24, 2.45) is 0 Å². The average molecular weight is 359 g/mol. The van der Waals surface area contributed by atoms with Gasteiger partial charge >= 0.3 is 0 Å². The largest absolute Gasteiger partial charge is 0.497 e. The number of methoxy groups -OCH3 is 1. The lowest BCUT2D eigenvalue weighted by Gasteiger charge is -2.08. The Bertz CT molecular complexity index is 843. The Morgan fingerprint density at radius 2 is 2.04 bits per heavy atom. The van der Waals surface area contributed by atoms with Gasteiger partial charge in [0, 0.05) is 18.0 Å². The third kappa shape index (κ3) is 3.84. The van der Waals surface area contributed by atoms with Crippen molar-refractivity contribution in [1.82, 2.24) is 25.0 Å². The Morgan fingerprint density at radius 1 is 1.20 bits per heavy atom. The summed E-state index contributed by atoms with van der Waals surface area (Å²) in [6, 6.07) is 7.55. The summed E-state index contributed by atoms with van der Waals surface area (Å²) in [6.07, 6.45) is 0. The zero-order valence-electron chi connectivity index (χ0n) is 14.8. The number of thioether (sulfide) groups is 1. The summed E-state index contributed by atoms with van der Waals surface area (Å²) < 4.78 is 13.1. The van der Waals surface area contributed by atoms with Gasteiger partial charge in [-0.05, 0) is 25.1 Å². The molecule has 7 nitrogen and oxygen atoms in total. The number of hydrogen-bond acceptors (Lipinski definition) is 7. The summed E-state index contributed by atoms with van der Waals surface area (Å²) in [5, 5.41) is 17.7. The van der Waals surface area contributed by atoms with Crippen molar-refractivity contribution in [1.29, 1.82) is 0 Å². The zero-order valence-corrected chi connectivity index (χ0v) is 15.6. The summed E-state index contributed by atoms with van der Waals surface area (Å²) in [6.45, 7) is 7.15. The molecule has 3 rings (SSSR count). The van der Waals surface area contributed by atoms with E-state index in [2.05, 4.69) is 45.7 Å². The molecule has 8 heteroatoms. The van der Waals surface area contributed by atoms with Crippen molar-refractivity contribution in [3.63, 3.8) is 0 Å². The van der Waals surface area contributed by atoms with Crippen LogP contribution in [0.25, 0.3) is 11.5 Å². The summed E-state index contributed by atoms with van der Waals surface area (Å²) >= 11 is 1.55. The van der Waals surface area contributed by atoms with Crippen molar-refractivity contribution in [2.75, 3.05) is 7.11 Å². The lowest BCUT2D eigenvalue weighted by atomic mass is 10.2. The Kier molecular flexibility index (Phi) is 5.37. The molecule has 0 aliphatic carbocycles.